The van der Waals surface area contributed by atoms with E-state index in [4.69, 9.17) is 4.74 Å². The van der Waals surface area contributed by atoms with Crippen molar-refractivity contribution in [2.45, 2.75) is 33.9 Å². The molecule has 3 nitrogen and oxygen atoms in total. The highest BCUT2D eigenvalue weighted by molar-refractivity contribution is 5.87. The van der Waals surface area contributed by atoms with Crippen LogP contribution in [0.1, 0.15) is 31.9 Å². The molecule has 0 saturated carbocycles. The molecule has 19 heavy (non-hydrogen) atoms. The number of carbonyl (C=O) groups is 1. The molecule has 0 atom stereocenters. The highest BCUT2D eigenvalue weighted by atomic mass is 16.5. The molecule has 0 heterocycles. The van der Waals surface area contributed by atoms with E-state index in [1.54, 1.807) is 13.2 Å². The van der Waals surface area contributed by atoms with Crippen molar-refractivity contribution in [2.24, 2.45) is 5.41 Å². The number of rotatable bonds is 5. The zero-order valence-electron chi connectivity index (χ0n) is 12.2. The molecule has 0 radical (unpaired) electrons. The van der Waals surface area contributed by atoms with E-state index in [2.05, 4.69) is 26.1 Å². The number of amides is 1. The van der Waals surface area contributed by atoms with E-state index in [1.165, 1.54) is 0 Å². The summed E-state index contributed by atoms with van der Waals surface area (Å²) in [5.74, 6) is -0.0629. The Kier molecular flexibility index (Phi) is 5.77. The van der Waals surface area contributed by atoms with Crippen LogP contribution in [0.3, 0.4) is 0 Å². The first kappa shape index (κ1) is 15.4. The molecule has 0 aliphatic heterocycles. The average molecular weight is 261 g/mol. The van der Waals surface area contributed by atoms with Gasteiger partial charge in [-0.3, -0.25) is 4.79 Å². The van der Waals surface area contributed by atoms with E-state index < -0.39 is 0 Å². The van der Waals surface area contributed by atoms with Crippen LogP contribution in [0, 0.1) is 5.41 Å². The second kappa shape index (κ2) is 7.10. The molecule has 0 saturated heterocycles. The summed E-state index contributed by atoms with van der Waals surface area (Å²) in [7, 11) is 1.67. The molecule has 0 aromatic heterocycles. The standard InChI is InChI=1S/C16H23NO2/c1-16(2,3)9-8-15(18)17-11-13-6-5-7-14(10-13)12-19-4/h5-10H,11-12H2,1-4H3,(H,17,18). The highest BCUT2D eigenvalue weighted by Crippen LogP contribution is 2.14. The van der Waals surface area contributed by atoms with E-state index >= 15 is 0 Å². The number of hydrogen-bond donors (Lipinski definition) is 1. The van der Waals surface area contributed by atoms with Gasteiger partial charge in [0, 0.05) is 13.7 Å². The molecular weight excluding hydrogens is 238 g/mol. The van der Waals surface area contributed by atoms with Gasteiger partial charge in [0.25, 0.3) is 0 Å². The van der Waals surface area contributed by atoms with E-state index in [-0.39, 0.29) is 11.3 Å². The van der Waals surface area contributed by atoms with Crippen molar-refractivity contribution < 1.29 is 9.53 Å². The maximum atomic E-state index is 11.7. The molecule has 0 spiro atoms. The molecule has 0 aliphatic carbocycles. The minimum atomic E-state index is -0.0629. The van der Waals surface area contributed by atoms with Crippen LogP contribution < -0.4 is 5.32 Å². The summed E-state index contributed by atoms with van der Waals surface area (Å²) in [6.07, 6.45) is 3.50. The van der Waals surface area contributed by atoms with E-state index in [1.807, 2.05) is 30.3 Å². The molecule has 1 N–H and O–H groups in total. The van der Waals surface area contributed by atoms with Crippen molar-refractivity contribution in [1.29, 1.82) is 0 Å². The minimum Gasteiger partial charge on any atom is -0.380 e. The smallest absolute Gasteiger partial charge is 0.243 e. The number of methoxy groups -OCH3 is 1. The lowest BCUT2D eigenvalue weighted by Crippen LogP contribution is -2.21. The Labute approximate surface area is 115 Å². The third kappa shape index (κ3) is 6.77. The maximum Gasteiger partial charge on any atom is 0.243 e. The third-order valence-corrected chi connectivity index (χ3v) is 2.50. The van der Waals surface area contributed by atoms with Gasteiger partial charge in [-0.15, -0.1) is 0 Å². The van der Waals surface area contributed by atoms with Gasteiger partial charge >= 0.3 is 0 Å². The van der Waals surface area contributed by atoms with Crippen molar-refractivity contribution in [1.82, 2.24) is 5.32 Å². The molecular formula is C16H23NO2. The Hall–Kier alpha value is -1.61. The Bertz CT molecular complexity index is 444. The van der Waals surface area contributed by atoms with Crippen LogP contribution in [0.2, 0.25) is 0 Å². The molecule has 1 amide bonds. The first-order chi connectivity index (χ1) is 8.90. The highest BCUT2D eigenvalue weighted by Gasteiger charge is 2.05. The van der Waals surface area contributed by atoms with Crippen molar-refractivity contribution in [3.8, 4) is 0 Å². The van der Waals surface area contributed by atoms with E-state index in [0.29, 0.717) is 13.2 Å². The van der Waals surface area contributed by atoms with Gasteiger partial charge in [0.15, 0.2) is 0 Å². The van der Waals surface area contributed by atoms with Crippen molar-refractivity contribution in [3.05, 3.63) is 47.5 Å². The number of nitrogens with one attached hydrogen (secondary N) is 1. The largest absolute Gasteiger partial charge is 0.380 e. The molecule has 0 unspecified atom stereocenters. The van der Waals surface area contributed by atoms with Gasteiger partial charge < -0.3 is 10.1 Å². The van der Waals surface area contributed by atoms with Gasteiger partial charge in [-0.05, 0) is 22.6 Å². The molecule has 1 rings (SSSR count). The summed E-state index contributed by atoms with van der Waals surface area (Å²) in [6.45, 7) is 7.30. The number of hydrogen-bond acceptors (Lipinski definition) is 2. The lowest BCUT2D eigenvalue weighted by atomic mass is 9.96. The quantitative estimate of drug-likeness (QED) is 0.827. The van der Waals surface area contributed by atoms with Crippen LogP contribution in [0.25, 0.3) is 0 Å². The fraction of sp³-hybridized carbons (Fsp3) is 0.438. The maximum absolute atomic E-state index is 11.7. The van der Waals surface area contributed by atoms with Gasteiger partial charge in [0.2, 0.25) is 5.91 Å². The SMILES string of the molecule is COCc1cccc(CNC(=O)C=CC(C)(C)C)c1. The second-order valence-electron chi connectivity index (χ2n) is 5.67. The number of carbonyl (C=O) groups excluding carboxylic acids is 1. The van der Waals surface area contributed by atoms with Gasteiger partial charge in [-0.2, -0.15) is 0 Å². The summed E-state index contributed by atoms with van der Waals surface area (Å²) in [6, 6.07) is 8.01. The summed E-state index contributed by atoms with van der Waals surface area (Å²) in [5.41, 5.74) is 2.21. The van der Waals surface area contributed by atoms with Crippen LogP contribution in [0.4, 0.5) is 0 Å². The second-order valence-corrected chi connectivity index (χ2v) is 5.67. The first-order valence-corrected chi connectivity index (χ1v) is 6.44. The van der Waals surface area contributed by atoms with E-state index in [9.17, 15) is 4.79 Å². The van der Waals surface area contributed by atoms with E-state index in [0.717, 1.165) is 11.1 Å². The van der Waals surface area contributed by atoms with Crippen molar-refractivity contribution in [2.75, 3.05) is 7.11 Å². The molecule has 0 aliphatic rings. The fourth-order valence-electron chi connectivity index (χ4n) is 1.57. The lowest BCUT2D eigenvalue weighted by molar-refractivity contribution is -0.116. The summed E-state index contributed by atoms with van der Waals surface area (Å²) in [4.78, 5) is 11.7. The minimum absolute atomic E-state index is 0.0235. The zero-order chi connectivity index (χ0) is 14.3. The van der Waals surface area contributed by atoms with Gasteiger partial charge in [0.1, 0.15) is 0 Å². The van der Waals surface area contributed by atoms with Crippen LogP contribution in [-0.4, -0.2) is 13.0 Å². The van der Waals surface area contributed by atoms with Gasteiger partial charge in [-0.25, -0.2) is 0 Å². The average Bonchev–Trinajstić information content (AvgIpc) is 2.34. The third-order valence-electron chi connectivity index (χ3n) is 2.50. The Morgan fingerprint density at radius 1 is 1.32 bits per heavy atom. The molecule has 3 heteroatoms. The fourth-order valence-corrected chi connectivity index (χ4v) is 1.57. The zero-order valence-corrected chi connectivity index (χ0v) is 12.2. The summed E-state index contributed by atoms with van der Waals surface area (Å²) >= 11 is 0. The molecule has 0 bridgehead atoms. The topological polar surface area (TPSA) is 38.3 Å². The molecule has 1 aromatic rings. The Morgan fingerprint density at radius 3 is 2.63 bits per heavy atom. The van der Waals surface area contributed by atoms with Gasteiger partial charge in [0.05, 0.1) is 6.61 Å². The van der Waals surface area contributed by atoms with Crippen LogP contribution in [-0.2, 0) is 22.7 Å². The number of allylic oxidation sites excluding steroid dienone is 1. The lowest BCUT2D eigenvalue weighted by Gasteiger charge is -2.11. The number of ether oxygens (including phenoxy) is 1. The Morgan fingerprint density at radius 2 is 2.00 bits per heavy atom. The van der Waals surface area contributed by atoms with Crippen LogP contribution in [0.15, 0.2) is 36.4 Å². The molecule has 104 valence electrons. The predicted octanol–water partition coefficient (Wildman–Crippen LogP) is 3.05. The number of benzene rings is 1. The van der Waals surface area contributed by atoms with Crippen molar-refractivity contribution in [3.63, 3.8) is 0 Å². The normalized spacial score (nSPS) is 11.8. The summed E-state index contributed by atoms with van der Waals surface area (Å²) in [5, 5.41) is 2.87. The molecule has 0 fully saturated rings. The van der Waals surface area contributed by atoms with Gasteiger partial charge in [-0.1, -0.05) is 51.1 Å². The van der Waals surface area contributed by atoms with Crippen molar-refractivity contribution >= 4 is 5.91 Å². The Balaban J connectivity index is 2.50. The molecule has 1 aromatic carbocycles. The predicted molar refractivity (Wildman–Crippen MR) is 77.6 cm³/mol. The summed E-state index contributed by atoms with van der Waals surface area (Å²) < 4.78 is 5.09. The van der Waals surface area contributed by atoms with Crippen LogP contribution in [0.5, 0.6) is 0 Å². The first-order valence-electron chi connectivity index (χ1n) is 6.44. The monoisotopic (exact) mass is 261 g/mol. The van der Waals surface area contributed by atoms with Crippen LogP contribution >= 0.6 is 0 Å².